The molecule has 1 aromatic carbocycles. The van der Waals surface area contributed by atoms with Crippen molar-refractivity contribution >= 4 is 60.8 Å². The number of aromatic amines is 1. The Bertz CT molecular complexity index is 1540. The highest BCUT2D eigenvalue weighted by molar-refractivity contribution is 9.09. The normalized spacial score (nSPS) is 24.2. The lowest BCUT2D eigenvalue weighted by molar-refractivity contribution is -0.134. The number of nitrogens with two attached hydrogens (primary N) is 1. The Morgan fingerprint density at radius 1 is 1.07 bits per heavy atom. The number of aromatic nitrogens is 2. The van der Waals surface area contributed by atoms with E-state index in [9.17, 15) is 14.4 Å². The number of likely N-dealkylation sites (tertiary alicyclic amines) is 2. The van der Waals surface area contributed by atoms with Gasteiger partial charge in [-0.1, -0.05) is 50.1 Å². The maximum absolute atomic E-state index is 14.4. The SMILES string of the molecule is CN1CCC(N2CCN(C(=O)[C@H](CBr)N(C(=O)N3CCC(N)(n4cc(-c5ccsc5)[nH]c4=O)C(Br)C3)c3ccccc3)CC2)CC1. The van der Waals surface area contributed by atoms with Gasteiger partial charge in [-0.15, -0.1) is 0 Å². The first-order chi connectivity index (χ1) is 22.2. The predicted molar refractivity (Wildman–Crippen MR) is 190 cm³/mol. The number of benzene rings is 1. The number of amides is 3. The maximum Gasteiger partial charge on any atom is 0.327 e. The smallest absolute Gasteiger partial charge is 0.327 e. The first-order valence-corrected chi connectivity index (χ1v) is 18.9. The summed E-state index contributed by atoms with van der Waals surface area (Å²) in [7, 11) is 2.17. The van der Waals surface area contributed by atoms with Crippen LogP contribution in [0.1, 0.15) is 19.3 Å². The van der Waals surface area contributed by atoms with E-state index in [4.69, 9.17) is 5.73 Å². The van der Waals surface area contributed by atoms with Gasteiger partial charge in [0.25, 0.3) is 0 Å². The molecule has 0 radical (unpaired) electrons. The zero-order valence-corrected chi connectivity index (χ0v) is 30.1. The number of H-pyrrole nitrogens is 1. The number of alkyl halides is 2. The molecule has 3 amide bonds. The molecule has 3 atom stereocenters. The second-order valence-corrected chi connectivity index (χ2v) is 15.1. The topological polar surface area (TPSA) is 114 Å². The van der Waals surface area contributed by atoms with Crippen LogP contribution < -0.4 is 16.3 Å². The summed E-state index contributed by atoms with van der Waals surface area (Å²) in [6, 6.07) is 10.9. The van der Waals surface area contributed by atoms with E-state index in [-0.39, 0.29) is 24.2 Å². The van der Waals surface area contributed by atoms with Gasteiger partial charge in [-0.2, -0.15) is 11.3 Å². The molecule has 3 saturated heterocycles. The second-order valence-electron chi connectivity index (χ2n) is 12.6. The second kappa shape index (κ2) is 14.3. The molecular weight excluding hydrogens is 736 g/mol. The van der Waals surface area contributed by atoms with Crippen LogP contribution in [0.5, 0.6) is 0 Å². The van der Waals surface area contributed by atoms with Crippen LogP contribution >= 0.6 is 43.2 Å². The number of rotatable bonds is 7. The highest BCUT2D eigenvalue weighted by Crippen LogP contribution is 2.33. The monoisotopic (exact) mass is 776 g/mol. The fraction of sp³-hybridized carbons (Fsp3) is 0.531. The summed E-state index contributed by atoms with van der Waals surface area (Å²) in [5, 5.41) is 4.24. The Kier molecular flexibility index (Phi) is 10.4. The van der Waals surface area contributed by atoms with Gasteiger partial charge >= 0.3 is 11.7 Å². The molecular formula is C32H42Br2N8O3S. The van der Waals surface area contributed by atoms with Crippen molar-refractivity contribution in [3.8, 4) is 11.3 Å². The van der Waals surface area contributed by atoms with Crippen molar-refractivity contribution in [1.29, 1.82) is 0 Å². The maximum atomic E-state index is 14.4. The van der Waals surface area contributed by atoms with Crippen LogP contribution in [0.3, 0.4) is 0 Å². The average molecular weight is 779 g/mol. The minimum absolute atomic E-state index is 0.0579. The third-order valence-electron chi connectivity index (χ3n) is 9.79. The number of urea groups is 1. The number of hydrogen-bond acceptors (Lipinski definition) is 7. The van der Waals surface area contributed by atoms with Gasteiger partial charge in [0, 0.05) is 79.9 Å². The van der Waals surface area contributed by atoms with E-state index in [0.717, 1.165) is 44.6 Å². The number of para-hydroxylation sites is 1. The van der Waals surface area contributed by atoms with E-state index in [0.29, 0.717) is 48.8 Å². The molecule has 0 saturated carbocycles. The molecule has 46 heavy (non-hydrogen) atoms. The van der Waals surface area contributed by atoms with Crippen molar-refractivity contribution in [1.82, 2.24) is 29.2 Å². The van der Waals surface area contributed by atoms with E-state index < -0.39 is 16.5 Å². The molecule has 3 fully saturated rings. The fourth-order valence-electron chi connectivity index (χ4n) is 6.92. The van der Waals surface area contributed by atoms with E-state index in [1.54, 1.807) is 31.9 Å². The van der Waals surface area contributed by atoms with Gasteiger partial charge in [0.2, 0.25) is 5.91 Å². The molecule has 6 rings (SSSR count). The number of piperidine rings is 2. The van der Waals surface area contributed by atoms with Crippen LogP contribution in [0.4, 0.5) is 10.5 Å². The van der Waals surface area contributed by atoms with Crippen molar-refractivity contribution in [2.24, 2.45) is 5.73 Å². The summed E-state index contributed by atoms with van der Waals surface area (Å²) < 4.78 is 1.55. The van der Waals surface area contributed by atoms with E-state index in [1.807, 2.05) is 52.1 Å². The number of imidazole rings is 1. The quantitative estimate of drug-likeness (QED) is 0.355. The molecule has 2 aromatic heterocycles. The number of carbonyl (C=O) groups excluding carboxylic acids is 2. The zero-order chi connectivity index (χ0) is 32.4. The summed E-state index contributed by atoms with van der Waals surface area (Å²) in [6.45, 7) is 5.79. The first kappa shape index (κ1) is 33.4. The van der Waals surface area contributed by atoms with Crippen molar-refractivity contribution in [2.45, 2.75) is 41.8 Å². The van der Waals surface area contributed by atoms with E-state index in [2.05, 4.69) is 53.7 Å². The highest BCUT2D eigenvalue weighted by atomic mass is 79.9. The van der Waals surface area contributed by atoms with Crippen molar-refractivity contribution in [2.75, 3.05) is 69.6 Å². The number of thiophene rings is 1. The largest absolute Gasteiger partial charge is 0.338 e. The first-order valence-electron chi connectivity index (χ1n) is 15.9. The molecule has 2 unspecified atom stereocenters. The van der Waals surface area contributed by atoms with Gasteiger partial charge in [-0.25, -0.2) is 9.59 Å². The average Bonchev–Trinajstić information content (AvgIpc) is 3.76. The van der Waals surface area contributed by atoms with Crippen molar-refractivity contribution in [3.05, 3.63) is 63.8 Å². The molecule has 3 aliphatic heterocycles. The van der Waals surface area contributed by atoms with E-state index in [1.165, 1.54) is 0 Å². The van der Waals surface area contributed by atoms with Gasteiger partial charge in [0.05, 0.1) is 10.5 Å². The standard InChI is InChI=1S/C32H42Br2N8O3S/c1-37-11-7-24(8-12-37)38-14-16-39(17-15-38)29(43)27(19-33)42(25-5-3-2-4-6-25)31(45)40-13-10-32(35,28(34)21-40)41-20-26(36-30(41)44)23-9-18-46-22-23/h2-6,9,18,20,22,24,27-28H,7-8,10-17,19,21,35H2,1H3,(H,36,44)/t27-,28?,32?/m0/s1. The minimum atomic E-state index is -1.05. The van der Waals surface area contributed by atoms with Gasteiger partial charge < -0.3 is 25.4 Å². The van der Waals surface area contributed by atoms with Crippen molar-refractivity contribution in [3.63, 3.8) is 0 Å². The van der Waals surface area contributed by atoms with Crippen LogP contribution in [-0.4, -0.2) is 123 Å². The zero-order valence-electron chi connectivity index (χ0n) is 26.1. The Morgan fingerprint density at radius 3 is 2.41 bits per heavy atom. The van der Waals surface area contributed by atoms with Crippen LogP contribution in [0, 0.1) is 0 Å². The summed E-state index contributed by atoms with van der Waals surface area (Å²) in [5.41, 5.74) is 7.87. The van der Waals surface area contributed by atoms with Crippen LogP contribution in [0.25, 0.3) is 11.3 Å². The number of halogens is 2. The van der Waals surface area contributed by atoms with Gasteiger partial charge in [-0.3, -0.25) is 19.2 Å². The fourth-order valence-corrected chi connectivity index (χ4v) is 8.94. The summed E-state index contributed by atoms with van der Waals surface area (Å²) in [5.74, 6) is -0.0579. The van der Waals surface area contributed by atoms with E-state index >= 15 is 0 Å². The minimum Gasteiger partial charge on any atom is -0.338 e. The Hall–Kier alpha value is -2.49. The predicted octanol–water partition coefficient (Wildman–Crippen LogP) is 3.61. The van der Waals surface area contributed by atoms with Crippen LogP contribution in [0.2, 0.25) is 0 Å². The molecule has 11 nitrogen and oxygen atoms in total. The third kappa shape index (κ3) is 6.74. The lowest BCUT2D eigenvalue weighted by Crippen LogP contribution is -2.65. The number of piperazine rings is 1. The molecule has 3 aromatic rings. The molecule has 3 N–H and O–H groups in total. The number of nitrogens with zero attached hydrogens (tertiary/aromatic N) is 6. The molecule has 3 aliphatic rings. The molecule has 0 aliphatic carbocycles. The Balaban J connectivity index is 1.17. The summed E-state index contributed by atoms with van der Waals surface area (Å²) in [4.78, 5) is 54.3. The van der Waals surface area contributed by atoms with Crippen molar-refractivity contribution < 1.29 is 9.59 Å². The Morgan fingerprint density at radius 2 is 1.78 bits per heavy atom. The van der Waals surface area contributed by atoms with Gasteiger partial charge in [0.15, 0.2) is 0 Å². The van der Waals surface area contributed by atoms with Crippen LogP contribution in [-0.2, 0) is 10.5 Å². The number of anilines is 1. The molecule has 14 heteroatoms. The lowest BCUT2D eigenvalue weighted by Gasteiger charge is -2.46. The molecule has 0 bridgehead atoms. The van der Waals surface area contributed by atoms with Crippen LogP contribution in [0.15, 0.2) is 58.1 Å². The Labute approximate surface area is 290 Å². The third-order valence-corrected chi connectivity index (χ3v) is 12.2. The molecule has 248 valence electrons. The highest BCUT2D eigenvalue weighted by Gasteiger charge is 2.45. The molecule has 0 spiro atoms. The number of hydrogen-bond donors (Lipinski definition) is 2. The van der Waals surface area contributed by atoms with Gasteiger partial charge in [-0.05, 0) is 56.6 Å². The number of nitrogens with one attached hydrogen (secondary N) is 1. The van der Waals surface area contributed by atoms with Gasteiger partial charge in [0.1, 0.15) is 11.7 Å². The number of carbonyl (C=O) groups is 2. The lowest BCUT2D eigenvalue weighted by atomic mass is 9.97. The summed E-state index contributed by atoms with van der Waals surface area (Å²) >= 11 is 8.89. The molecule has 5 heterocycles. The summed E-state index contributed by atoms with van der Waals surface area (Å²) in [6.07, 6.45) is 4.43.